The van der Waals surface area contributed by atoms with E-state index in [9.17, 15) is 5.11 Å². The largest absolute Gasteiger partial charge is 0.480 e. The number of aliphatic hydroxyl groups excluding tert-OH is 1. The summed E-state index contributed by atoms with van der Waals surface area (Å²) >= 11 is 1.21. The Bertz CT molecular complexity index is 246. The first-order valence-corrected chi connectivity index (χ1v) is 3.86. The van der Waals surface area contributed by atoms with Crippen molar-refractivity contribution in [1.29, 1.82) is 0 Å². The summed E-state index contributed by atoms with van der Waals surface area (Å²) in [5.41, 5.74) is 0. The van der Waals surface area contributed by atoms with Crippen molar-refractivity contribution in [2.24, 2.45) is 0 Å². The lowest BCUT2D eigenvalue weighted by atomic mass is 10.3. The maximum Gasteiger partial charge on any atom is 0.225 e. The molecule has 0 fully saturated rings. The molecule has 1 unspecified atom stereocenters. The zero-order chi connectivity index (χ0) is 8.27. The molecule has 11 heavy (non-hydrogen) atoms. The van der Waals surface area contributed by atoms with Crippen LogP contribution in [-0.2, 0) is 0 Å². The number of hydrogen-bond donors (Lipinski definition) is 1. The molecule has 0 saturated heterocycles. The smallest absolute Gasteiger partial charge is 0.225 e. The second-order valence-electron chi connectivity index (χ2n) is 1.95. The fourth-order valence-corrected chi connectivity index (χ4v) is 1.30. The van der Waals surface area contributed by atoms with Crippen molar-refractivity contribution in [3.05, 3.63) is 23.6 Å². The van der Waals surface area contributed by atoms with Crippen LogP contribution in [0.4, 0.5) is 0 Å². The number of hydrogen-bond acceptors (Lipinski definition) is 4. The predicted octanol–water partition coefficient (Wildman–Crippen LogP) is 1.37. The molecule has 1 aromatic heterocycles. The lowest BCUT2D eigenvalue weighted by Crippen LogP contribution is -1.86. The van der Waals surface area contributed by atoms with Gasteiger partial charge in [0.25, 0.3) is 0 Å². The molecule has 0 saturated carbocycles. The standard InChI is InChI=1S/C7H9NO2S/c1-3-5(9)6-4-7(10-2)8-11-6/h3-5,9H,1H2,2H3. The molecule has 1 heterocycles. The zero-order valence-corrected chi connectivity index (χ0v) is 6.97. The van der Waals surface area contributed by atoms with E-state index in [1.807, 2.05) is 0 Å². The minimum atomic E-state index is -0.628. The van der Waals surface area contributed by atoms with Crippen molar-refractivity contribution >= 4 is 11.5 Å². The van der Waals surface area contributed by atoms with Gasteiger partial charge >= 0.3 is 0 Å². The molecule has 1 N–H and O–H groups in total. The number of methoxy groups -OCH3 is 1. The van der Waals surface area contributed by atoms with Crippen LogP contribution in [0.2, 0.25) is 0 Å². The summed E-state index contributed by atoms with van der Waals surface area (Å²) in [6.07, 6.45) is 0.823. The molecule has 0 spiro atoms. The van der Waals surface area contributed by atoms with Gasteiger partial charge in [-0.25, -0.2) is 0 Å². The summed E-state index contributed by atoms with van der Waals surface area (Å²) < 4.78 is 8.76. The summed E-state index contributed by atoms with van der Waals surface area (Å²) in [5.74, 6) is 0.533. The minimum Gasteiger partial charge on any atom is -0.480 e. The van der Waals surface area contributed by atoms with Crippen LogP contribution < -0.4 is 4.74 Å². The van der Waals surface area contributed by atoms with Gasteiger partial charge in [-0.1, -0.05) is 6.08 Å². The lowest BCUT2D eigenvalue weighted by molar-refractivity contribution is 0.232. The number of rotatable bonds is 3. The van der Waals surface area contributed by atoms with Crippen molar-refractivity contribution in [2.45, 2.75) is 6.10 Å². The van der Waals surface area contributed by atoms with Crippen molar-refractivity contribution in [2.75, 3.05) is 7.11 Å². The number of nitrogens with zero attached hydrogens (tertiary/aromatic N) is 1. The van der Waals surface area contributed by atoms with Crippen molar-refractivity contribution in [3.8, 4) is 5.88 Å². The second-order valence-corrected chi connectivity index (χ2v) is 2.79. The van der Waals surface area contributed by atoms with Crippen LogP contribution in [0.1, 0.15) is 11.0 Å². The summed E-state index contributed by atoms with van der Waals surface area (Å²) in [5, 5.41) is 9.23. The highest BCUT2D eigenvalue weighted by Gasteiger charge is 2.07. The summed E-state index contributed by atoms with van der Waals surface area (Å²) in [7, 11) is 1.54. The SMILES string of the molecule is C=CC(O)c1cc(OC)ns1. The molecule has 0 bridgehead atoms. The molecule has 4 heteroatoms. The molecule has 0 amide bonds. The van der Waals surface area contributed by atoms with Crippen molar-refractivity contribution in [3.63, 3.8) is 0 Å². The van der Waals surface area contributed by atoms with Gasteiger partial charge in [-0.05, 0) is 11.5 Å². The van der Waals surface area contributed by atoms with Crippen LogP contribution in [0, 0.1) is 0 Å². The van der Waals surface area contributed by atoms with E-state index in [1.54, 1.807) is 13.2 Å². The van der Waals surface area contributed by atoms with E-state index < -0.39 is 6.10 Å². The molecule has 0 aliphatic heterocycles. The second kappa shape index (κ2) is 3.50. The number of ether oxygens (including phenoxy) is 1. The Balaban J connectivity index is 2.79. The van der Waals surface area contributed by atoms with Gasteiger partial charge in [0, 0.05) is 6.07 Å². The third-order valence-electron chi connectivity index (χ3n) is 1.23. The van der Waals surface area contributed by atoms with E-state index in [-0.39, 0.29) is 0 Å². The molecule has 1 aromatic rings. The Morgan fingerprint density at radius 2 is 2.64 bits per heavy atom. The third kappa shape index (κ3) is 1.78. The Hall–Kier alpha value is -0.870. The van der Waals surface area contributed by atoms with E-state index in [0.29, 0.717) is 5.88 Å². The van der Waals surface area contributed by atoms with Gasteiger partial charge in [0.05, 0.1) is 12.0 Å². The monoisotopic (exact) mass is 171 g/mol. The number of aromatic nitrogens is 1. The Labute approximate surface area is 69.1 Å². The maximum absolute atomic E-state index is 9.23. The molecule has 3 nitrogen and oxygen atoms in total. The zero-order valence-electron chi connectivity index (χ0n) is 6.15. The van der Waals surface area contributed by atoms with Gasteiger partial charge in [0.15, 0.2) is 0 Å². The first-order chi connectivity index (χ1) is 5.27. The molecule has 1 rings (SSSR count). The normalized spacial score (nSPS) is 12.5. The summed E-state index contributed by atoms with van der Waals surface area (Å²) in [6.45, 7) is 3.46. The average molecular weight is 171 g/mol. The minimum absolute atomic E-state index is 0.533. The molecule has 0 aliphatic carbocycles. The van der Waals surface area contributed by atoms with E-state index in [4.69, 9.17) is 4.74 Å². The van der Waals surface area contributed by atoms with Crippen molar-refractivity contribution in [1.82, 2.24) is 4.37 Å². The van der Waals surface area contributed by atoms with Crippen molar-refractivity contribution < 1.29 is 9.84 Å². The van der Waals surface area contributed by atoms with Crippen LogP contribution >= 0.6 is 11.5 Å². The topological polar surface area (TPSA) is 42.4 Å². The predicted molar refractivity (Wildman–Crippen MR) is 43.8 cm³/mol. The number of aliphatic hydroxyl groups is 1. The van der Waals surface area contributed by atoms with Crippen LogP contribution in [0.15, 0.2) is 18.7 Å². The van der Waals surface area contributed by atoms with Gasteiger partial charge in [0.2, 0.25) is 5.88 Å². The first-order valence-electron chi connectivity index (χ1n) is 3.09. The van der Waals surface area contributed by atoms with E-state index >= 15 is 0 Å². The highest BCUT2D eigenvalue weighted by atomic mass is 32.1. The third-order valence-corrected chi connectivity index (χ3v) is 2.07. The molecule has 1 atom stereocenters. The van der Waals surface area contributed by atoms with Crippen LogP contribution in [0.3, 0.4) is 0 Å². The molecule has 0 aliphatic rings. The Morgan fingerprint density at radius 3 is 3.09 bits per heavy atom. The van der Waals surface area contributed by atoms with Gasteiger partial charge in [-0.3, -0.25) is 0 Å². The van der Waals surface area contributed by atoms with E-state index in [1.165, 1.54) is 17.6 Å². The fourth-order valence-electron chi connectivity index (χ4n) is 0.624. The first kappa shape index (κ1) is 8.23. The van der Waals surface area contributed by atoms with E-state index in [0.717, 1.165) is 4.88 Å². The van der Waals surface area contributed by atoms with Gasteiger partial charge < -0.3 is 9.84 Å². The quantitative estimate of drug-likeness (QED) is 0.698. The molecule has 60 valence electrons. The average Bonchev–Trinajstić information content (AvgIpc) is 2.50. The highest BCUT2D eigenvalue weighted by molar-refractivity contribution is 7.06. The molecular weight excluding hydrogens is 162 g/mol. The summed E-state index contributed by atoms with van der Waals surface area (Å²) in [4.78, 5) is 0.747. The molecular formula is C7H9NO2S. The van der Waals surface area contributed by atoms with Crippen LogP contribution in [0.5, 0.6) is 5.88 Å². The Morgan fingerprint density at radius 1 is 1.91 bits per heavy atom. The van der Waals surface area contributed by atoms with Gasteiger partial charge in [-0.2, -0.15) is 4.37 Å². The van der Waals surface area contributed by atoms with Gasteiger partial charge in [-0.15, -0.1) is 6.58 Å². The van der Waals surface area contributed by atoms with Crippen LogP contribution in [-0.4, -0.2) is 16.6 Å². The van der Waals surface area contributed by atoms with E-state index in [2.05, 4.69) is 11.0 Å². The van der Waals surface area contributed by atoms with Crippen LogP contribution in [0.25, 0.3) is 0 Å². The Kier molecular flexibility index (Phi) is 2.62. The summed E-state index contributed by atoms with van der Waals surface area (Å²) in [6, 6.07) is 1.69. The highest BCUT2D eigenvalue weighted by Crippen LogP contribution is 2.23. The maximum atomic E-state index is 9.23. The molecule has 0 radical (unpaired) electrons. The molecule has 0 aromatic carbocycles. The lowest BCUT2D eigenvalue weighted by Gasteiger charge is -1.96. The van der Waals surface area contributed by atoms with Gasteiger partial charge in [0.1, 0.15) is 6.10 Å². The fraction of sp³-hybridized carbons (Fsp3) is 0.286.